The van der Waals surface area contributed by atoms with Crippen LogP contribution in [0.25, 0.3) is 0 Å². The van der Waals surface area contributed by atoms with Gasteiger partial charge in [0.1, 0.15) is 0 Å². The number of aliphatic imine (C=N–C) groups is 1. The van der Waals surface area contributed by atoms with Crippen LogP contribution in [0.3, 0.4) is 0 Å². The molecule has 0 unspecified atom stereocenters. The van der Waals surface area contributed by atoms with Crippen molar-refractivity contribution in [2.45, 2.75) is 13.8 Å². The van der Waals surface area contributed by atoms with Gasteiger partial charge in [0.2, 0.25) is 5.96 Å². The Kier molecular flexibility index (Phi) is 5.55. The van der Waals surface area contributed by atoms with Crippen molar-refractivity contribution in [2.75, 3.05) is 11.9 Å². The molecule has 1 aromatic carbocycles. The van der Waals surface area contributed by atoms with E-state index in [1.54, 1.807) is 18.2 Å². The van der Waals surface area contributed by atoms with Gasteiger partial charge in [-0.2, -0.15) is 0 Å². The van der Waals surface area contributed by atoms with Gasteiger partial charge in [0, 0.05) is 12.2 Å². The molecule has 0 bridgehead atoms. The Bertz CT molecular complexity index is 404. The smallest absolute Gasteiger partial charge is 0.210 e. The van der Waals surface area contributed by atoms with Gasteiger partial charge in [-0.1, -0.05) is 37.0 Å². The molecule has 1 rings (SSSR count). The Morgan fingerprint density at radius 1 is 1.35 bits per heavy atom. The Hall–Kier alpha value is -0.970. The molecule has 0 saturated heterocycles. The molecular weight excluding hydrogens is 259 g/mol. The van der Waals surface area contributed by atoms with Gasteiger partial charge in [-0.15, -0.1) is 0 Å². The minimum absolute atomic E-state index is 0.467. The van der Waals surface area contributed by atoms with Crippen LogP contribution in [0.15, 0.2) is 23.2 Å². The van der Waals surface area contributed by atoms with Crippen LogP contribution in [0.2, 0.25) is 10.0 Å². The molecule has 0 atom stereocenters. The summed E-state index contributed by atoms with van der Waals surface area (Å²) in [6.45, 7) is 4.85. The molecule has 0 radical (unpaired) electrons. The molecule has 0 saturated carbocycles. The topological polar surface area (TPSA) is 62.4 Å². The van der Waals surface area contributed by atoms with E-state index in [1.807, 2.05) is 0 Å². The standard InChI is InChI=1S/C11H16Cl2N4/c1-7(2)6-15-11(17-14)16-8-3-4-9(12)10(13)5-8/h3-5,7H,6,14H2,1-2H3,(H2,15,16,17). The fraction of sp³-hybridized carbons (Fsp3) is 0.364. The Balaban J connectivity index is 2.73. The minimum atomic E-state index is 0.467. The van der Waals surface area contributed by atoms with E-state index in [1.165, 1.54) is 0 Å². The first-order valence-electron chi connectivity index (χ1n) is 5.26. The van der Waals surface area contributed by atoms with Gasteiger partial charge >= 0.3 is 0 Å². The number of nitrogens with zero attached hydrogens (tertiary/aromatic N) is 1. The highest BCUT2D eigenvalue weighted by atomic mass is 35.5. The molecule has 0 aliphatic carbocycles. The van der Waals surface area contributed by atoms with Gasteiger partial charge in [0.15, 0.2) is 0 Å². The lowest BCUT2D eigenvalue weighted by Crippen LogP contribution is -2.36. The summed E-state index contributed by atoms with van der Waals surface area (Å²) in [7, 11) is 0. The van der Waals surface area contributed by atoms with Crippen LogP contribution >= 0.6 is 23.2 Å². The van der Waals surface area contributed by atoms with Gasteiger partial charge < -0.3 is 5.32 Å². The van der Waals surface area contributed by atoms with Crippen LogP contribution in [-0.2, 0) is 0 Å². The molecule has 0 aromatic heterocycles. The molecule has 0 amide bonds. The Morgan fingerprint density at radius 3 is 2.59 bits per heavy atom. The minimum Gasteiger partial charge on any atom is -0.325 e. The summed E-state index contributed by atoms with van der Waals surface area (Å²) in [4.78, 5) is 4.28. The van der Waals surface area contributed by atoms with E-state index < -0.39 is 0 Å². The van der Waals surface area contributed by atoms with Crippen LogP contribution in [0.4, 0.5) is 5.69 Å². The van der Waals surface area contributed by atoms with Crippen molar-refractivity contribution in [3.8, 4) is 0 Å². The number of nitrogens with two attached hydrogens (primary N) is 1. The first-order chi connectivity index (χ1) is 8.02. The molecule has 94 valence electrons. The second-order valence-corrected chi connectivity index (χ2v) is 4.80. The monoisotopic (exact) mass is 274 g/mol. The number of hydrogen-bond acceptors (Lipinski definition) is 2. The second-order valence-electron chi connectivity index (χ2n) is 3.98. The van der Waals surface area contributed by atoms with Crippen LogP contribution in [0.1, 0.15) is 13.8 Å². The predicted octanol–water partition coefficient (Wildman–Crippen LogP) is 2.88. The van der Waals surface area contributed by atoms with E-state index in [4.69, 9.17) is 29.0 Å². The van der Waals surface area contributed by atoms with E-state index in [9.17, 15) is 0 Å². The highest BCUT2D eigenvalue weighted by Crippen LogP contribution is 2.24. The van der Waals surface area contributed by atoms with Gasteiger partial charge in [-0.3, -0.25) is 10.4 Å². The molecule has 0 aliphatic heterocycles. The molecule has 1 aromatic rings. The van der Waals surface area contributed by atoms with Gasteiger partial charge in [0.25, 0.3) is 0 Å². The first-order valence-corrected chi connectivity index (χ1v) is 6.01. The van der Waals surface area contributed by atoms with Gasteiger partial charge in [-0.25, -0.2) is 5.84 Å². The summed E-state index contributed by atoms with van der Waals surface area (Å²) in [6.07, 6.45) is 0. The van der Waals surface area contributed by atoms with E-state index in [-0.39, 0.29) is 0 Å². The van der Waals surface area contributed by atoms with Crippen molar-refractivity contribution in [1.29, 1.82) is 0 Å². The number of hydrogen-bond donors (Lipinski definition) is 3. The molecule has 0 fully saturated rings. The van der Waals surface area contributed by atoms with Crippen molar-refractivity contribution in [3.63, 3.8) is 0 Å². The molecule has 6 heteroatoms. The fourth-order valence-corrected chi connectivity index (χ4v) is 1.40. The highest BCUT2D eigenvalue weighted by molar-refractivity contribution is 6.42. The van der Waals surface area contributed by atoms with E-state index in [0.29, 0.717) is 28.5 Å². The zero-order valence-electron chi connectivity index (χ0n) is 9.80. The summed E-state index contributed by atoms with van der Waals surface area (Å²) >= 11 is 11.7. The first kappa shape index (κ1) is 14.1. The molecular formula is C11H16Cl2N4. The van der Waals surface area contributed by atoms with Crippen molar-refractivity contribution < 1.29 is 0 Å². The number of benzene rings is 1. The third kappa shape index (κ3) is 4.81. The number of halogens is 2. The normalized spacial score (nSPS) is 11.8. The molecule has 0 aliphatic rings. The molecule has 4 nitrogen and oxygen atoms in total. The number of nitrogens with one attached hydrogen (secondary N) is 2. The average Bonchev–Trinajstić information content (AvgIpc) is 2.28. The van der Waals surface area contributed by atoms with Crippen molar-refractivity contribution in [3.05, 3.63) is 28.2 Å². The highest BCUT2D eigenvalue weighted by Gasteiger charge is 2.02. The van der Waals surface area contributed by atoms with E-state index in [2.05, 4.69) is 29.6 Å². The van der Waals surface area contributed by atoms with Crippen LogP contribution in [-0.4, -0.2) is 12.5 Å². The third-order valence-corrected chi connectivity index (χ3v) is 2.67. The summed E-state index contributed by atoms with van der Waals surface area (Å²) < 4.78 is 0. The van der Waals surface area contributed by atoms with Crippen LogP contribution < -0.4 is 16.6 Å². The van der Waals surface area contributed by atoms with Crippen molar-refractivity contribution in [2.24, 2.45) is 16.8 Å². The fourth-order valence-electron chi connectivity index (χ4n) is 1.11. The number of rotatable bonds is 3. The molecule has 0 spiro atoms. The van der Waals surface area contributed by atoms with Gasteiger partial charge in [0.05, 0.1) is 10.0 Å². The molecule has 4 N–H and O–H groups in total. The summed E-state index contributed by atoms with van der Waals surface area (Å²) in [5.74, 6) is 6.34. The Labute approximate surface area is 111 Å². The van der Waals surface area contributed by atoms with Crippen molar-refractivity contribution in [1.82, 2.24) is 5.43 Å². The third-order valence-electron chi connectivity index (χ3n) is 1.93. The zero-order chi connectivity index (χ0) is 12.8. The summed E-state index contributed by atoms with van der Waals surface area (Å²) in [5, 5.41) is 4.02. The number of guanidine groups is 1. The molecule has 17 heavy (non-hydrogen) atoms. The van der Waals surface area contributed by atoms with Gasteiger partial charge in [-0.05, 0) is 24.1 Å². The Morgan fingerprint density at radius 2 is 2.06 bits per heavy atom. The maximum Gasteiger partial charge on any atom is 0.210 e. The van der Waals surface area contributed by atoms with Crippen molar-refractivity contribution >= 4 is 34.8 Å². The maximum absolute atomic E-state index is 5.90. The SMILES string of the molecule is CC(C)CN=C(NN)Nc1ccc(Cl)c(Cl)c1. The van der Waals surface area contributed by atoms with E-state index >= 15 is 0 Å². The molecule has 0 heterocycles. The number of anilines is 1. The lowest BCUT2D eigenvalue weighted by molar-refractivity contribution is 0.663. The second kappa shape index (κ2) is 6.69. The summed E-state index contributed by atoms with van der Waals surface area (Å²) in [5.41, 5.74) is 3.28. The lowest BCUT2D eigenvalue weighted by Gasteiger charge is -2.10. The van der Waals surface area contributed by atoms with Crippen LogP contribution in [0.5, 0.6) is 0 Å². The predicted molar refractivity (Wildman–Crippen MR) is 74.5 cm³/mol. The lowest BCUT2D eigenvalue weighted by atomic mass is 10.2. The quantitative estimate of drug-likeness (QED) is 0.344. The largest absolute Gasteiger partial charge is 0.325 e. The maximum atomic E-state index is 5.90. The van der Waals surface area contributed by atoms with E-state index in [0.717, 1.165) is 5.69 Å². The average molecular weight is 275 g/mol. The zero-order valence-corrected chi connectivity index (χ0v) is 11.3. The number of hydrazine groups is 1. The van der Waals surface area contributed by atoms with Crippen LogP contribution in [0, 0.1) is 5.92 Å². The summed E-state index contributed by atoms with van der Waals surface area (Å²) in [6, 6.07) is 5.23.